The summed E-state index contributed by atoms with van der Waals surface area (Å²) in [5.74, 6) is 1.52. The van der Waals surface area contributed by atoms with Gasteiger partial charge in [-0.15, -0.1) is 0 Å². The van der Waals surface area contributed by atoms with Crippen LogP contribution in [-0.4, -0.2) is 6.04 Å². The molecule has 2 aliphatic carbocycles. The zero-order valence-corrected chi connectivity index (χ0v) is 13.7. The predicted octanol–water partition coefficient (Wildman–Crippen LogP) is 5.44. The summed E-state index contributed by atoms with van der Waals surface area (Å²) in [6, 6.07) is 9.71. The molecule has 110 valence electrons. The molecule has 0 heterocycles. The Hall–Kier alpha value is -0.980. The van der Waals surface area contributed by atoms with E-state index in [0.717, 1.165) is 5.92 Å². The van der Waals surface area contributed by atoms with E-state index in [1.54, 1.807) is 0 Å². The molecule has 0 spiro atoms. The van der Waals surface area contributed by atoms with Crippen molar-refractivity contribution in [1.82, 2.24) is 0 Å². The summed E-state index contributed by atoms with van der Waals surface area (Å²) in [6.07, 6.45) is 4.15. The van der Waals surface area contributed by atoms with Crippen LogP contribution in [0.25, 0.3) is 0 Å². The maximum Gasteiger partial charge on any atom is 0.0342 e. The molecule has 0 radical (unpaired) electrons. The van der Waals surface area contributed by atoms with Crippen LogP contribution in [0.4, 0.5) is 5.69 Å². The molecule has 0 aliphatic heterocycles. The Balaban J connectivity index is 1.76. The van der Waals surface area contributed by atoms with Crippen molar-refractivity contribution < 1.29 is 0 Å². The van der Waals surface area contributed by atoms with Gasteiger partial charge >= 0.3 is 0 Å². The molecule has 20 heavy (non-hydrogen) atoms. The number of anilines is 1. The average Bonchev–Trinajstić information content (AvgIpc) is 2.72. The summed E-state index contributed by atoms with van der Waals surface area (Å²) in [5, 5.41) is 3.83. The van der Waals surface area contributed by atoms with Crippen molar-refractivity contribution in [2.75, 3.05) is 5.32 Å². The van der Waals surface area contributed by atoms with E-state index in [9.17, 15) is 0 Å². The minimum absolute atomic E-state index is 0.453. The highest BCUT2D eigenvalue weighted by atomic mass is 15.0. The second kappa shape index (κ2) is 4.51. The average molecular weight is 271 g/mol. The summed E-state index contributed by atoms with van der Waals surface area (Å²) in [7, 11) is 0. The van der Waals surface area contributed by atoms with Crippen molar-refractivity contribution in [1.29, 1.82) is 0 Å². The Morgan fingerprint density at radius 3 is 2.20 bits per heavy atom. The molecule has 3 atom stereocenters. The highest BCUT2D eigenvalue weighted by molar-refractivity contribution is 5.47. The van der Waals surface area contributed by atoms with Crippen LogP contribution in [0.1, 0.15) is 65.4 Å². The lowest BCUT2D eigenvalue weighted by atomic mass is 9.69. The van der Waals surface area contributed by atoms with Gasteiger partial charge < -0.3 is 5.32 Å². The van der Waals surface area contributed by atoms with Gasteiger partial charge in [0, 0.05) is 11.7 Å². The zero-order chi connectivity index (χ0) is 14.5. The van der Waals surface area contributed by atoms with Gasteiger partial charge in [0.2, 0.25) is 0 Å². The van der Waals surface area contributed by atoms with Crippen LogP contribution in [0.15, 0.2) is 24.3 Å². The van der Waals surface area contributed by atoms with E-state index >= 15 is 0 Å². The van der Waals surface area contributed by atoms with Crippen LogP contribution in [0.2, 0.25) is 0 Å². The highest BCUT2D eigenvalue weighted by Gasteiger charge is 2.61. The molecule has 3 rings (SSSR count). The Kier molecular flexibility index (Phi) is 3.15. The number of fused-ring (bicyclic) bond motifs is 2. The number of rotatable bonds is 3. The maximum atomic E-state index is 3.83. The fourth-order valence-electron chi connectivity index (χ4n) is 4.59. The Morgan fingerprint density at radius 1 is 1.10 bits per heavy atom. The zero-order valence-electron chi connectivity index (χ0n) is 13.7. The molecule has 2 saturated carbocycles. The minimum Gasteiger partial charge on any atom is -0.382 e. The second-order valence-electron chi connectivity index (χ2n) is 8.08. The smallest absolute Gasteiger partial charge is 0.0342 e. The number of hydrogen-bond acceptors (Lipinski definition) is 1. The third-order valence-electron chi connectivity index (χ3n) is 6.71. The van der Waals surface area contributed by atoms with Crippen LogP contribution < -0.4 is 5.32 Å². The first-order chi connectivity index (χ1) is 9.34. The van der Waals surface area contributed by atoms with Crippen LogP contribution >= 0.6 is 0 Å². The minimum atomic E-state index is 0.453. The second-order valence-corrected chi connectivity index (χ2v) is 8.08. The Labute approximate surface area is 124 Å². The predicted molar refractivity (Wildman–Crippen MR) is 87.2 cm³/mol. The van der Waals surface area contributed by atoms with Gasteiger partial charge in [-0.25, -0.2) is 0 Å². The van der Waals surface area contributed by atoms with Crippen LogP contribution in [-0.2, 0) is 0 Å². The van der Waals surface area contributed by atoms with Crippen LogP contribution in [0.3, 0.4) is 0 Å². The van der Waals surface area contributed by atoms with E-state index < -0.39 is 0 Å². The van der Waals surface area contributed by atoms with Gasteiger partial charge in [-0.05, 0) is 59.6 Å². The van der Waals surface area contributed by atoms with E-state index in [1.807, 2.05) is 0 Å². The van der Waals surface area contributed by atoms with Crippen molar-refractivity contribution in [3.8, 4) is 0 Å². The summed E-state index contributed by atoms with van der Waals surface area (Å²) in [6.45, 7) is 12.0. The van der Waals surface area contributed by atoms with Crippen LogP contribution in [0, 0.1) is 16.7 Å². The van der Waals surface area contributed by atoms with E-state index in [2.05, 4.69) is 64.2 Å². The first-order valence-electron chi connectivity index (χ1n) is 8.21. The van der Waals surface area contributed by atoms with Crippen molar-refractivity contribution in [2.45, 2.75) is 65.8 Å². The van der Waals surface area contributed by atoms with Gasteiger partial charge in [-0.3, -0.25) is 0 Å². The lowest BCUT2D eigenvalue weighted by molar-refractivity contribution is 0.142. The Bertz CT molecular complexity index is 485. The molecule has 1 aromatic carbocycles. The normalized spacial score (nSPS) is 34.7. The molecule has 3 unspecified atom stereocenters. The number of benzene rings is 1. The Morgan fingerprint density at radius 2 is 1.75 bits per heavy atom. The van der Waals surface area contributed by atoms with Gasteiger partial charge in [0.25, 0.3) is 0 Å². The molecule has 1 aromatic rings. The van der Waals surface area contributed by atoms with Gasteiger partial charge in [0.1, 0.15) is 0 Å². The number of hydrogen-bond donors (Lipinski definition) is 1. The third-order valence-corrected chi connectivity index (χ3v) is 6.71. The van der Waals surface area contributed by atoms with E-state index in [1.165, 1.54) is 30.5 Å². The van der Waals surface area contributed by atoms with Crippen molar-refractivity contribution in [3.05, 3.63) is 29.8 Å². The molecular weight excluding hydrogens is 242 g/mol. The van der Waals surface area contributed by atoms with Gasteiger partial charge in [0.05, 0.1) is 0 Å². The van der Waals surface area contributed by atoms with E-state index in [4.69, 9.17) is 0 Å². The fraction of sp³-hybridized carbons (Fsp3) is 0.684. The number of nitrogens with one attached hydrogen (secondary N) is 1. The molecule has 0 saturated heterocycles. The van der Waals surface area contributed by atoms with Gasteiger partial charge in [-0.2, -0.15) is 0 Å². The van der Waals surface area contributed by atoms with Gasteiger partial charge in [-0.1, -0.05) is 46.8 Å². The summed E-state index contributed by atoms with van der Waals surface area (Å²) in [5.41, 5.74) is 3.66. The quantitative estimate of drug-likeness (QED) is 0.772. The molecule has 1 heteroatoms. The first-order valence-corrected chi connectivity index (χ1v) is 8.21. The lowest BCUT2D eigenvalue weighted by Crippen LogP contribution is -2.40. The molecular formula is C19H29N. The van der Waals surface area contributed by atoms with E-state index in [0.29, 0.717) is 22.8 Å². The molecule has 1 N–H and O–H groups in total. The van der Waals surface area contributed by atoms with Crippen molar-refractivity contribution in [3.63, 3.8) is 0 Å². The molecule has 1 nitrogen and oxygen atoms in total. The summed E-state index contributed by atoms with van der Waals surface area (Å²) >= 11 is 0. The molecule has 2 fully saturated rings. The van der Waals surface area contributed by atoms with E-state index in [-0.39, 0.29) is 0 Å². The summed E-state index contributed by atoms with van der Waals surface area (Å²) in [4.78, 5) is 0. The van der Waals surface area contributed by atoms with Crippen LogP contribution in [0.5, 0.6) is 0 Å². The maximum absolute atomic E-state index is 3.83. The molecule has 2 aliphatic rings. The third kappa shape index (κ3) is 1.89. The topological polar surface area (TPSA) is 12.0 Å². The van der Waals surface area contributed by atoms with Crippen molar-refractivity contribution >= 4 is 5.69 Å². The molecule has 0 aromatic heterocycles. The highest BCUT2D eigenvalue weighted by Crippen LogP contribution is 2.65. The molecule has 2 bridgehead atoms. The summed E-state index contributed by atoms with van der Waals surface area (Å²) < 4.78 is 0. The van der Waals surface area contributed by atoms with Crippen molar-refractivity contribution in [2.24, 2.45) is 16.7 Å². The van der Waals surface area contributed by atoms with Gasteiger partial charge in [0.15, 0.2) is 0 Å². The SMILES string of the molecule is CC(C)c1ccc(NC2CC3CCC2(C)C3(C)C)cc1. The lowest BCUT2D eigenvalue weighted by Gasteiger charge is -2.40. The largest absolute Gasteiger partial charge is 0.382 e. The standard InChI is InChI=1S/C19H29N/c1-13(2)14-6-8-16(9-7-14)20-17-12-15-10-11-19(17,5)18(15,3)4/h6-9,13,15,17,20H,10-12H2,1-5H3. The first kappa shape index (κ1) is 14.0. The monoisotopic (exact) mass is 271 g/mol. The molecule has 0 amide bonds. The fourth-order valence-corrected chi connectivity index (χ4v) is 4.59.